The van der Waals surface area contributed by atoms with E-state index < -0.39 is 11.9 Å². The van der Waals surface area contributed by atoms with Gasteiger partial charge in [0.2, 0.25) is 0 Å². The van der Waals surface area contributed by atoms with Gasteiger partial charge in [-0.05, 0) is 60.7 Å². The van der Waals surface area contributed by atoms with E-state index in [1.54, 1.807) is 0 Å². The molecule has 0 amide bonds. The number of H-pyrrole nitrogens is 2. The zero-order valence-electron chi connectivity index (χ0n) is 28.0. The molecule has 2 aromatic carbocycles. The first-order valence-electron chi connectivity index (χ1n) is 15.7. The fraction of sp³-hybridized carbons (Fsp3) is 0. The fourth-order valence-corrected chi connectivity index (χ4v) is 4.89. The van der Waals surface area contributed by atoms with Crippen LogP contribution in [-0.4, -0.2) is 69.9 Å². The van der Waals surface area contributed by atoms with Gasteiger partial charge in [0.1, 0.15) is 11.5 Å². The molecule has 17 heteroatoms. The summed E-state index contributed by atoms with van der Waals surface area (Å²) in [5.74, 6) is -0.175. The average Bonchev–Trinajstić information content (AvgIpc) is 3.84. The van der Waals surface area contributed by atoms with E-state index in [-0.39, 0.29) is 30.6 Å². The van der Waals surface area contributed by atoms with Crippen molar-refractivity contribution >= 4 is 46.9 Å². The molecule has 6 aromatic heterocycles. The maximum atomic E-state index is 10.8. The number of nitrogens with one attached hydrogen (secondary N) is 2. The smallest absolute Gasteiger partial charge is 0.335 e. The molecule has 6 heterocycles. The molecule has 274 valence electrons. The Kier molecular flexibility index (Phi) is 12.9. The fourth-order valence-electron chi connectivity index (χ4n) is 4.89. The van der Waals surface area contributed by atoms with Crippen LogP contribution in [0.3, 0.4) is 0 Å². The molecule has 16 nitrogen and oxygen atoms in total. The van der Waals surface area contributed by atoms with Gasteiger partial charge in [-0.25, -0.2) is 14.8 Å². The van der Waals surface area contributed by atoms with Crippen LogP contribution >= 0.6 is 0 Å². The topological polar surface area (TPSA) is 239 Å². The summed E-state index contributed by atoms with van der Waals surface area (Å²) in [4.78, 5) is 73.7. The standard InChI is InChI=1S/C14H10N4.2C12H8N2O4.Ru/c1-2-6-10-9(5-1)15-13(16-10)14-17-11-7-3-4-8-12(11)18-14;2*15-7-18-9-2-4-14-11(6-9)10-5-8(12(16)17)1-3-13-10;/h1-8H,(H,15,16)(H,17,18);2*1-7H,(H,16,17);/p-1. The largest absolute Gasteiger partial charge is 0.545 e. The summed E-state index contributed by atoms with van der Waals surface area (Å²) in [7, 11) is 0. The number of nitrogens with zero attached hydrogens (tertiary/aromatic N) is 6. The van der Waals surface area contributed by atoms with Gasteiger partial charge in [-0.2, -0.15) is 0 Å². The number of imidazole rings is 2. The van der Waals surface area contributed by atoms with Gasteiger partial charge in [0.15, 0.2) is 11.6 Å². The van der Waals surface area contributed by atoms with Gasteiger partial charge in [0, 0.05) is 62.0 Å². The molecule has 0 atom stereocenters. The molecule has 0 spiro atoms. The quantitative estimate of drug-likeness (QED) is 0.134. The zero-order chi connectivity index (χ0) is 37.9. The van der Waals surface area contributed by atoms with Crippen molar-refractivity contribution in [1.82, 2.24) is 39.9 Å². The number of carboxylic acid groups (broad SMARTS) is 2. The summed E-state index contributed by atoms with van der Waals surface area (Å²) in [6, 6.07) is 27.4. The maximum absolute atomic E-state index is 10.8. The van der Waals surface area contributed by atoms with Crippen molar-refractivity contribution < 1.29 is 58.3 Å². The second-order valence-corrected chi connectivity index (χ2v) is 10.8. The molecular formula is C38H25N8O8Ru-. The molecular weight excluding hydrogens is 798 g/mol. The molecule has 8 rings (SSSR count). The number of carbonyl (C=O) groups excluding carboxylic acids is 3. The monoisotopic (exact) mass is 823 g/mol. The Balaban J connectivity index is 0.000000157. The van der Waals surface area contributed by atoms with Gasteiger partial charge in [-0.15, -0.1) is 0 Å². The predicted molar refractivity (Wildman–Crippen MR) is 191 cm³/mol. The molecule has 0 fully saturated rings. The van der Waals surface area contributed by atoms with Gasteiger partial charge >= 0.3 is 5.97 Å². The first-order chi connectivity index (χ1) is 26.3. The van der Waals surface area contributed by atoms with Crippen LogP contribution in [-0.2, 0) is 29.1 Å². The molecule has 0 unspecified atom stereocenters. The van der Waals surface area contributed by atoms with Crippen LogP contribution in [0.2, 0.25) is 0 Å². The number of carboxylic acids is 2. The maximum Gasteiger partial charge on any atom is 0.335 e. The van der Waals surface area contributed by atoms with E-state index >= 15 is 0 Å². The third kappa shape index (κ3) is 9.88. The molecule has 0 saturated carbocycles. The Morgan fingerprint density at radius 1 is 0.582 bits per heavy atom. The van der Waals surface area contributed by atoms with E-state index in [4.69, 9.17) is 5.11 Å². The molecule has 0 bridgehead atoms. The number of aromatic amines is 2. The van der Waals surface area contributed by atoms with Crippen LogP contribution in [0.5, 0.6) is 11.5 Å². The van der Waals surface area contributed by atoms with Crippen molar-refractivity contribution in [2.24, 2.45) is 0 Å². The molecule has 0 aliphatic carbocycles. The summed E-state index contributed by atoms with van der Waals surface area (Å²) < 4.78 is 9.35. The van der Waals surface area contributed by atoms with E-state index in [0.717, 1.165) is 33.7 Å². The zero-order valence-corrected chi connectivity index (χ0v) is 29.8. The summed E-state index contributed by atoms with van der Waals surface area (Å²) in [5, 5.41) is 19.6. The Bertz CT molecular complexity index is 2370. The Hall–Kier alpha value is -7.52. The minimum absolute atomic E-state index is 0. The molecule has 0 saturated heterocycles. The van der Waals surface area contributed by atoms with Crippen molar-refractivity contribution in [3.05, 3.63) is 133 Å². The number of hydrogen-bond acceptors (Lipinski definition) is 13. The van der Waals surface area contributed by atoms with Crippen molar-refractivity contribution in [3.63, 3.8) is 0 Å². The number of rotatable bonds is 9. The van der Waals surface area contributed by atoms with Crippen LogP contribution in [0, 0.1) is 0 Å². The normalized spacial score (nSPS) is 10.1. The molecule has 0 radical (unpaired) electrons. The molecule has 3 N–H and O–H groups in total. The van der Waals surface area contributed by atoms with Gasteiger partial charge < -0.3 is 34.4 Å². The van der Waals surface area contributed by atoms with Crippen LogP contribution < -0.4 is 14.6 Å². The minimum Gasteiger partial charge on any atom is -0.545 e. The number of ether oxygens (including phenoxy) is 2. The first-order valence-corrected chi connectivity index (χ1v) is 15.7. The first kappa shape index (κ1) is 38.7. The van der Waals surface area contributed by atoms with Crippen LogP contribution in [0.1, 0.15) is 20.7 Å². The number of hydrogen-bond donors (Lipinski definition) is 3. The van der Waals surface area contributed by atoms with Gasteiger partial charge in [-0.3, -0.25) is 29.5 Å². The number of pyridine rings is 4. The number of para-hydroxylation sites is 4. The van der Waals surface area contributed by atoms with Crippen LogP contribution in [0.15, 0.2) is 122 Å². The van der Waals surface area contributed by atoms with Gasteiger partial charge in [-0.1, -0.05) is 24.3 Å². The van der Waals surface area contributed by atoms with Crippen LogP contribution in [0.4, 0.5) is 0 Å². The van der Waals surface area contributed by atoms with E-state index in [2.05, 4.69) is 49.3 Å². The van der Waals surface area contributed by atoms with Gasteiger partial charge in [0.25, 0.3) is 12.9 Å². The summed E-state index contributed by atoms with van der Waals surface area (Å²) in [6.45, 7) is 0.602. The summed E-state index contributed by atoms with van der Waals surface area (Å²) >= 11 is 0. The third-order valence-corrected chi connectivity index (χ3v) is 7.36. The van der Waals surface area contributed by atoms with Crippen molar-refractivity contribution in [2.75, 3.05) is 0 Å². The van der Waals surface area contributed by atoms with E-state index in [0.29, 0.717) is 47.2 Å². The number of aromatic nitrogens is 8. The minimum atomic E-state index is -1.29. The number of carbonyl (C=O) groups is 4. The van der Waals surface area contributed by atoms with E-state index in [1.807, 2.05) is 48.5 Å². The van der Waals surface area contributed by atoms with Crippen molar-refractivity contribution in [2.45, 2.75) is 0 Å². The third-order valence-electron chi connectivity index (χ3n) is 7.36. The molecule has 0 aliphatic rings. The Morgan fingerprint density at radius 3 is 1.40 bits per heavy atom. The second kappa shape index (κ2) is 18.3. The molecule has 55 heavy (non-hydrogen) atoms. The van der Waals surface area contributed by atoms with E-state index in [1.165, 1.54) is 73.3 Å². The Morgan fingerprint density at radius 2 is 0.982 bits per heavy atom. The van der Waals surface area contributed by atoms with E-state index in [9.17, 15) is 24.3 Å². The molecule has 8 aromatic rings. The van der Waals surface area contributed by atoms with Crippen LogP contribution in [0.25, 0.3) is 56.5 Å². The SMILES string of the molecule is O=COc1ccnc(-c2cc(C(=O)O)ccn2)c1.O=COc1ccnc(-c2cc(C(=O)[O-])ccn2)c1.[Ru].c1ccc2[nH]c(-c3nc4ccccc4[nH]3)nc2c1. The summed E-state index contributed by atoms with van der Waals surface area (Å²) in [6.07, 6.45) is 5.61. The number of aromatic carboxylic acids is 2. The average molecular weight is 823 g/mol. The van der Waals surface area contributed by atoms with Crippen molar-refractivity contribution in [1.29, 1.82) is 0 Å². The second-order valence-electron chi connectivity index (χ2n) is 10.8. The predicted octanol–water partition coefficient (Wildman–Crippen LogP) is 4.52. The number of fused-ring (bicyclic) bond motifs is 2. The summed E-state index contributed by atoms with van der Waals surface area (Å²) in [5.41, 5.74) is 5.64. The number of benzene rings is 2. The van der Waals surface area contributed by atoms with Gasteiger partial charge in [0.05, 0.1) is 56.4 Å². The Labute approximate surface area is 323 Å². The molecule has 0 aliphatic heterocycles. The van der Waals surface area contributed by atoms with Crippen molar-refractivity contribution in [3.8, 4) is 45.9 Å².